The van der Waals surface area contributed by atoms with Crippen LogP contribution in [-0.2, 0) is 5.75 Å². The number of hydrogen-bond acceptors (Lipinski definition) is 5. The lowest BCUT2D eigenvalue weighted by Gasteiger charge is -2.00. The smallest absolute Gasteiger partial charge is 0.277 e. The molecular weight excluding hydrogens is 324 g/mol. The van der Waals surface area contributed by atoms with Gasteiger partial charge in [0.2, 0.25) is 5.89 Å². The van der Waals surface area contributed by atoms with Crippen molar-refractivity contribution < 1.29 is 4.42 Å². The van der Waals surface area contributed by atoms with Crippen molar-refractivity contribution in [1.82, 2.24) is 10.2 Å². The summed E-state index contributed by atoms with van der Waals surface area (Å²) in [6, 6.07) is 10.1. The first-order chi connectivity index (χ1) is 10.1. The Morgan fingerprint density at radius 3 is 2.57 bits per heavy atom. The predicted octanol–water partition coefficient (Wildman–Crippen LogP) is 5.36. The Balaban J connectivity index is 1.73. The van der Waals surface area contributed by atoms with Crippen molar-refractivity contribution >= 4 is 34.7 Å². The molecule has 6 heteroatoms. The summed E-state index contributed by atoms with van der Waals surface area (Å²) >= 11 is 9.00. The fourth-order valence-electron chi connectivity index (χ4n) is 2.05. The van der Waals surface area contributed by atoms with E-state index in [1.165, 1.54) is 27.8 Å². The summed E-state index contributed by atoms with van der Waals surface area (Å²) in [4.78, 5) is 1.19. The van der Waals surface area contributed by atoms with Gasteiger partial charge in [-0.2, -0.15) is 0 Å². The van der Waals surface area contributed by atoms with E-state index in [4.69, 9.17) is 16.0 Å². The molecular formula is C15H13ClN2OS2. The Morgan fingerprint density at radius 2 is 1.90 bits per heavy atom. The van der Waals surface area contributed by atoms with Crippen molar-refractivity contribution in [3.05, 3.63) is 50.7 Å². The molecule has 3 rings (SSSR count). The number of aromatic nitrogens is 2. The fraction of sp³-hybridized carbons (Fsp3) is 0.200. The van der Waals surface area contributed by atoms with Crippen LogP contribution >= 0.6 is 34.7 Å². The molecule has 0 unspecified atom stereocenters. The zero-order valence-electron chi connectivity index (χ0n) is 11.6. The van der Waals surface area contributed by atoms with E-state index in [0.29, 0.717) is 11.1 Å². The van der Waals surface area contributed by atoms with Crippen molar-refractivity contribution in [1.29, 1.82) is 0 Å². The van der Waals surface area contributed by atoms with E-state index in [2.05, 4.69) is 30.1 Å². The van der Waals surface area contributed by atoms with Gasteiger partial charge in [-0.15, -0.1) is 21.5 Å². The molecule has 0 saturated carbocycles. The zero-order valence-corrected chi connectivity index (χ0v) is 14.0. The average Bonchev–Trinajstić information content (AvgIpc) is 3.04. The molecule has 3 aromatic rings. The van der Waals surface area contributed by atoms with Gasteiger partial charge in [-0.25, -0.2) is 0 Å². The highest BCUT2D eigenvalue weighted by atomic mass is 35.5. The van der Waals surface area contributed by atoms with Gasteiger partial charge in [0.25, 0.3) is 5.22 Å². The number of aryl methyl sites for hydroxylation is 2. The standard InChI is InChI=1S/C15H13ClN2OS2/c1-9-5-10(2)7-11(6-9)14-17-18-15(19-14)20-8-12-3-4-13(16)21-12/h3-7H,8H2,1-2H3. The molecule has 0 amide bonds. The van der Waals surface area contributed by atoms with E-state index in [1.807, 2.05) is 24.3 Å². The summed E-state index contributed by atoms with van der Waals surface area (Å²) in [5.41, 5.74) is 3.34. The number of thiophene rings is 1. The number of nitrogens with zero attached hydrogens (tertiary/aromatic N) is 2. The first kappa shape index (κ1) is 14.6. The lowest BCUT2D eigenvalue weighted by molar-refractivity contribution is 0.466. The number of halogens is 1. The molecule has 0 saturated heterocycles. The topological polar surface area (TPSA) is 38.9 Å². The normalized spacial score (nSPS) is 11.0. The van der Waals surface area contributed by atoms with Gasteiger partial charge in [0.15, 0.2) is 0 Å². The summed E-state index contributed by atoms with van der Waals surface area (Å²) in [6.45, 7) is 4.12. The van der Waals surface area contributed by atoms with Crippen LogP contribution in [0.4, 0.5) is 0 Å². The number of thioether (sulfide) groups is 1. The van der Waals surface area contributed by atoms with E-state index in [-0.39, 0.29) is 0 Å². The molecule has 0 radical (unpaired) electrons. The molecule has 3 nitrogen and oxygen atoms in total. The van der Waals surface area contributed by atoms with Crippen molar-refractivity contribution in [2.24, 2.45) is 0 Å². The van der Waals surface area contributed by atoms with Gasteiger partial charge in [-0.3, -0.25) is 0 Å². The third-order valence-corrected chi connectivity index (χ3v) is 5.12. The molecule has 0 aliphatic heterocycles. The van der Waals surface area contributed by atoms with Crippen LogP contribution in [0.25, 0.3) is 11.5 Å². The highest BCUT2D eigenvalue weighted by Crippen LogP contribution is 2.30. The first-order valence-electron chi connectivity index (χ1n) is 6.39. The average molecular weight is 337 g/mol. The third-order valence-electron chi connectivity index (χ3n) is 2.84. The quantitative estimate of drug-likeness (QED) is 0.601. The molecule has 108 valence electrons. The lowest BCUT2D eigenvalue weighted by atomic mass is 10.1. The Morgan fingerprint density at radius 1 is 1.14 bits per heavy atom. The molecule has 0 spiro atoms. The molecule has 0 bridgehead atoms. The number of hydrogen-bond donors (Lipinski definition) is 0. The van der Waals surface area contributed by atoms with Crippen LogP contribution in [-0.4, -0.2) is 10.2 Å². The second kappa shape index (κ2) is 6.22. The van der Waals surface area contributed by atoms with Crippen LogP contribution in [0.2, 0.25) is 4.34 Å². The molecule has 0 aliphatic carbocycles. The summed E-state index contributed by atoms with van der Waals surface area (Å²) < 4.78 is 6.52. The van der Waals surface area contributed by atoms with Crippen molar-refractivity contribution in [2.45, 2.75) is 24.8 Å². The molecule has 0 fully saturated rings. The lowest BCUT2D eigenvalue weighted by Crippen LogP contribution is -1.82. The third kappa shape index (κ3) is 3.67. The van der Waals surface area contributed by atoms with Gasteiger partial charge in [-0.05, 0) is 38.1 Å². The first-order valence-corrected chi connectivity index (χ1v) is 8.57. The second-order valence-corrected chi connectivity index (χ2v) is 7.47. The minimum Gasteiger partial charge on any atom is -0.411 e. The minimum absolute atomic E-state index is 0.563. The van der Waals surface area contributed by atoms with Crippen LogP contribution in [0.15, 0.2) is 40.0 Å². The van der Waals surface area contributed by atoms with Crippen molar-refractivity contribution in [3.8, 4) is 11.5 Å². The van der Waals surface area contributed by atoms with Gasteiger partial charge in [-0.1, -0.05) is 40.6 Å². The molecule has 21 heavy (non-hydrogen) atoms. The summed E-state index contributed by atoms with van der Waals surface area (Å²) in [6.07, 6.45) is 0. The summed E-state index contributed by atoms with van der Waals surface area (Å²) in [5, 5.41) is 8.80. The molecule has 0 N–H and O–H groups in total. The van der Waals surface area contributed by atoms with Gasteiger partial charge in [0, 0.05) is 16.2 Å². The maximum atomic E-state index is 5.91. The second-order valence-electron chi connectivity index (χ2n) is 4.74. The van der Waals surface area contributed by atoms with Gasteiger partial charge in [0.05, 0.1) is 4.34 Å². The molecule has 0 aliphatic rings. The monoisotopic (exact) mass is 336 g/mol. The van der Waals surface area contributed by atoms with E-state index in [0.717, 1.165) is 15.7 Å². The van der Waals surface area contributed by atoms with Crippen LogP contribution in [0, 0.1) is 13.8 Å². The number of rotatable bonds is 4. The minimum atomic E-state index is 0.563. The van der Waals surface area contributed by atoms with Crippen molar-refractivity contribution in [3.63, 3.8) is 0 Å². The van der Waals surface area contributed by atoms with E-state index >= 15 is 0 Å². The SMILES string of the molecule is Cc1cc(C)cc(-c2nnc(SCc3ccc(Cl)s3)o2)c1. The summed E-state index contributed by atoms with van der Waals surface area (Å²) in [5.74, 6) is 1.35. The van der Waals surface area contributed by atoms with Crippen LogP contribution in [0.5, 0.6) is 0 Å². The Labute approximate surface area is 136 Å². The maximum Gasteiger partial charge on any atom is 0.277 e. The highest BCUT2D eigenvalue weighted by molar-refractivity contribution is 7.98. The van der Waals surface area contributed by atoms with E-state index in [9.17, 15) is 0 Å². The summed E-state index contributed by atoms with van der Waals surface area (Å²) in [7, 11) is 0. The molecule has 1 aromatic carbocycles. The molecule has 0 atom stereocenters. The van der Waals surface area contributed by atoms with E-state index < -0.39 is 0 Å². The van der Waals surface area contributed by atoms with Crippen LogP contribution in [0.3, 0.4) is 0 Å². The fourth-order valence-corrected chi connectivity index (χ4v) is 3.94. The van der Waals surface area contributed by atoms with Crippen molar-refractivity contribution in [2.75, 3.05) is 0 Å². The Hall–Kier alpha value is -1.30. The van der Waals surface area contributed by atoms with Gasteiger partial charge in [0.1, 0.15) is 0 Å². The molecule has 2 heterocycles. The Bertz CT molecular complexity index is 746. The van der Waals surface area contributed by atoms with Crippen LogP contribution in [0.1, 0.15) is 16.0 Å². The Kier molecular flexibility index (Phi) is 4.33. The predicted molar refractivity (Wildman–Crippen MR) is 88.1 cm³/mol. The van der Waals surface area contributed by atoms with Gasteiger partial charge < -0.3 is 4.42 Å². The highest BCUT2D eigenvalue weighted by Gasteiger charge is 2.10. The van der Waals surface area contributed by atoms with Crippen LogP contribution < -0.4 is 0 Å². The molecule has 2 aromatic heterocycles. The number of benzene rings is 1. The van der Waals surface area contributed by atoms with Gasteiger partial charge >= 0.3 is 0 Å². The maximum absolute atomic E-state index is 5.91. The zero-order chi connectivity index (χ0) is 14.8. The van der Waals surface area contributed by atoms with E-state index in [1.54, 1.807) is 11.3 Å². The largest absolute Gasteiger partial charge is 0.411 e.